The van der Waals surface area contributed by atoms with Gasteiger partial charge in [-0.25, -0.2) is 9.37 Å². The molecule has 0 atom stereocenters. The van der Waals surface area contributed by atoms with E-state index >= 15 is 0 Å². The molecular formula is C13H20FN3S. The fourth-order valence-corrected chi connectivity index (χ4v) is 2.21. The van der Waals surface area contributed by atoms with Crippen LogP contribution in [0.25, 0.3) is 0 Å². The summed E-state index contributed by atoms with van der Waals surface area (Å²) in [6, 6.07) is 2.35. The van der Waals surface area contributed by atoms with E-state index in [1.807, 2.05) is 18.2 Å². The van der Waals surface area contributed by atoms with E-state index in [1.165, 1.54) is 12.8 Å². The lowest BCUT2D eigenvalue weighted by Gasteiger charge is -2.19. The highest BCUT2D eigenvalue weighted by Gasteiger charge is 2.21. The van der Waals surface area contributed by atoms with Crippen LogP contribution >= 0.6 is 11.8 Å². The molecule has 18 heavy (non-hydrogen) atoms. The first-order chi connectivity index (χ1) is 8.72. The highest BCUT2D eigenvalue weighted by molar-refractivity contribution is 7.98. The van der Waals surface area contributed by atoms with Gasteiger partial charge >= 0.3 is 0 Å². The van der Waals surface area contributed by atoms with Gasteiger partial charge in [-0.15, -0.1) is 0 Å². The smallest absolute Gasteiger partial charge is 0.170 e. The minimum absolute atomic E-state index is 0.186. The maximum Gasteiger partial charge on any atom is 0.170 e. The average molecular weight is 269 g/mol. The summed E-state index contributed by atoms with van der Waals surface area (Å²) in [4.78, 5) is 6.03. The molecule has 1 aliphatic carbocycles. The van der Waals surface area contributed by atoms with E-state index in [0.717, 1.165) is 12.3 Å². The third kappa shape index (κ3) is 3.59. The largest absolute Gasteiger partial charge is 0.356 e. The number of aromatic nitrogens is 1. The molecule has 1 heterocycles. The fourth-order valence-electron chi connectivity index (χ4n) is 1.75. The molecule has 0 unspecified atom stereocenters. The van der Waals surface area contributed by atoms with Crippen LogP contribution in [0.5, 0.6) is 0 Å². The molecule has 0 aromatic carbocycles. The van der Waals surface area contributed by atoms with E-state index in [0.29, 0.717) is 24.0 Å². The Hall–Kier alpha value is -0.810. The van der Waals surface area contributed by atoms with Crippen LogP contribution in [0.2, 0.25) is 0 Å². The summed E-state index contributed by atoms with van der Waals surface area (Å²) in [5.41, 5.74) is 0.711. The Kier molecular flexibility index (Phi) is 4.83. The standard InChI is InChI=1S/C13H20FN3S/c1-17(7-8-18-2)13-12(14)10(5-6-15-13)9-16-11-3-4-11/h5-6,11,16H,3-4,7-9H2,1-2H3. The van der Waals surface area contributed by atoms with Gasteiger partial charge in [0.1, 0.15) is 0 Å². The number of anilines is 1. The summed E-state index contributed by atoms with van der Waals surface area (Å²) in [5, 5.41) is 3.33. The van der Waals surface area contributed by atoms with Gasteiger partial charge in [0, 0.05) is 43.7 Å². The topological polar surface area (TPSA) is 28.2 Å². The monoisotopic (exact) mass is 269 g/mol. The third-order valence-electron chi connectivity index (χ3n) is 3.10. The zero-order valence-corrected chi connectivity index (χ0v) is 11.8. The van der Waals surface area contributed by atoms with E-state index in [4.69, 9.17) is 0 Å². The second-order valence-corrected chi connectivity index (χ2v) is 5.66. The van der Waals surface area contributed by atoms with Crippen molar-refractivity contribution in [2.45, 2.75) is 25.4 Å². The molecular weight excluding hydrogens is 249 g/mol. The van der Waals surface area contributed by atoms with Crippen molar-refractivity contribution in [3.8, 4) is 0 Å². The number of pyridine rings is 1. The third-order valence-corrected chi connectivity index (χ3v) is 3.69. The molecule has 1 aromatic heterocycles. The van der Waals surface area contributed by atoms with Gasteiger partial charge in [-0.1, -0.05) is 0 Å². The van der Waals surface area contributed by atoms with Crippen molar-refractivity contribution >= 4 is 17.6 Å². The Balaban J connectivity index is 2.02. The van der Waals surface area contributed by atoms with E-state index in [1.54, 1.807) is 24.0 Å². The highest BCUT2D eigenvalue weighted by Crippen LogP contribution is 2.22. The number of rotatable bonds is 7. The lowest BCUT2D eigenvalue weighted by molar-refractivity contribution is 0.579. The van der Waals surface area contributed by atoms with Gasteiger partial charge in [0.25, 0.3) is 0 Å². The molecule has 3 nitrogen and oxygen atoms in total. The van der Waals surface area contributed by atoms with E-state index in [9.17, 15) is 4.39 Å². The maximum atomic E-state index is 14.3. The number of hydrogen-bond donors (Lipinski definition) is 1. The zero-order chi connectivity index (χ0) is 13.0. The second-order valence-electron chi connectivity index (χ2n) is 4.68. The van der Waals surface area contributed by atoms with Crippen LogP contribution in [0, 0.1) is 5.82 Å². The predicted octanol–water partition coefficient (Wildman–Crippen LogP) is 2.27. The lowest BCUT2D eigenvalue weighted by atomic mass is 10.2. The van der Waals surface area contributed by atoms with Crippen molar-refractivity contribution < 1.29 is 4.39 Å². The Morgan fingerprint density at radius 1 is 1.56 bits per heavy atom. The quantitative estimate of drug-likeness (QED) is 0.822. The minimum atomic E-state index is -0.186. The molecule has 2 rings (SSSR count). The van der Waals surface area contributed by atoms with Crippen LogP contribution in [0.4, 0.5) is 10.2 Å². The van der Waals surface area contributed by atoms with Crippen LogP contribution in [0.15, 0.2) is 12.3 Å². The average Bonchev–Trinajstić information content (AvgIpc) is 3.19. The Bertz CT molecular complexity index is 396. The summed E-state index contributed by atoms with van der Waals surface area (Å²) in [6.07, 6.45) is 6.17. The van der Waals surface area contributed by atoms with Crippen LogP contribution in [0.3, 0.4) is 0 Å². The van der Waals surface area contributed by atoms with Crippen molar-refractivity contribution in [3.05, 3.63) is 23.6 Å². The summed E-state index contributed by atoms with van der Waals surface area (Å²) in [7, 11) is 1.89. The first-order valence-electron chi connectivity index (χ1n) is 6.29. The summed E-state index contributed by atoms with van der Waals surface area (Å²) >= 11 is 1.75. The van der Waals surface area contributed by atoms with Crippen LogP contribution < -0.4 is 10.2 Å². The van der Waals surface area contributed by atoms with Crippen LogP contribution in [-0.4, -0.2) is 36.6 Å². The van der Waals surface area contributed by atoms with Crippen molar-refractivity contribution in [1.82, 2.24) is 10.3 Å². The highest BCUT2D eigenvalue weighted by atomic mass is 32.2. The molecule has 1 saturated carbocycles. The second kappa shape index (κ2) is 6.38. The zero-order valence-electron chi connectivity index (χ0n) is 10.9. The Morgan fingerprint density at radius 3 is 3.00 bits per heavy atom. The summed E-state index contributed by atoms with van der Waals surface area (Å²) in [5.74, 6) is 1.25. The minimum Gasteiger partial charge on any atom is -0.356 e. The molecule has 0 aliphatic heterocycles. The maximum absolute atomic E-state index is 14.3. The van der Waals surface area contributed by atoms with Crippen molar-refractivity contribution in [2.24, 2.45) is 0 Å². The molecule has 1 fully saturated rings. The van der Waals surface area contributed by atoms with Crippen molar-refractivity contribution in [3.63, 3.8) is 0 Å². The van der Waals surface area contributed by atoms with Gasteiger partial charge in [-0.05, 0) is 25.2 Å². The van der Waals surface area contributed by atoms with Gasteiger partial charge in [0.05, 0.1) is 0 Å². The van der Waals surface area contributed by atoms with Crippen molar-refractivity contribution in [1.29, 1.82) is 0 Å². The fraction of sp³-hybridized carbons (Fsp3) is 0.615. The molecule has 1 N–H and O–H groups in total. The van der Waals surface area contributed by atoms with Gasteiger partial charge < -0.3 is 10.2 Å². The summed E-state index contributed by atoms with van der Waals surface area (Å²) in [6.45, 7) is 1.41. The molecule has 1 aromatic rings. The van der Waals surface area contributed by atoms with E-state index in [2.05, 4.69) is 10.3 Å². The predicted molar refractivity (Wildman–Crippen MR) is 75.7 cm³/mol. The normalized spacial score (nSPS) is 14.8. The van der Waals surface area contributed by atoms with E-state index < -0.39 is 0 Å². The van der Waals surface area contributed by atoms with Crippen molar-refractivity contribution in [2.75, 3.05) is 30.5 Å². The number of nitrogens with one attached hydrogen (secondary N) is 1. The number of thioether (sulfide) groups is 1. The Morgan fingerprint density at radius 2 is 2.33 bits per heavy atom. The molecule has 5 heteroatoms. The molecule has 1 aliphatic rings. The molecule has 0 spiro atoms. The molecule has 100 valence electrons. The van der Waals surface area contributed by atoms with Crippen LogP contribution in [0.1, 0.15) is 18.4 Å². The lowest BCUT2D eigenvalue weighted by Crippen LogP contribution is -2.24. The van der Waals surface area contributed by atoms with Gasteiger partial charge in [0.15, 0.2) is 11.6 Å². The van der Waals surface area contributed by atoms with Gasteiger partial charge in [0.2, 0.25) is 0 Å². The summed E-state index contributed by atoms with van der Waals surface area (Å²) < 4.78 is 14.3. The number of nitrogens with zero attached hydrogens (tertiary/aromatic N) is 2. The molecule has 0 bridgehead atoms. The molecule has 0 saturated heterocycles. The first kappa shape index (κ1) is 13.6. The Labute approximate surface area is 112 Å². The number of halogens is 1. The van der Waals surface area contributed by atoms with E-state index in [-0.39, 0.29) is 5.82 Å². The molecule has 0 radical (unpaired) electrons. The first-order valence-corrected chi connectivity index (χ1v) is 7.68. The van der Waals surface area contributed by atoms with Crippen LogP contribution in [-0.2, 0) is 6.54 Å². The number of hydrogen-bond acceptors (Lipinski definition) is 4. The SMILES string of the molecule is CSCCN(C)c1nccc(CNC2CC2)c1F. The molecule has 0 amide bonds. The van der Waals surface area contributed by atoms with Gasteiger partial charge in [-0.2, -0.15) is 11.8 Å². The van der Waals surface area contributed by atoms with Gasteiger partial charge in [-0.3, -0.25) is 0 Å².